The topological polar surface area (TPSA) is 78.9 Å². The maximum absolute atomic E-state index is 12.8. The highest BCUT2D eigenvalue weighted by Crippen LogP contribution is 2.17. The van der Waals surface area contributed by atoms with E-state index in [0.717, 1.165) is 89.9 Å². The van der Waals surface area contributed by atoms with Crippen LogP contribution in [0.15, 0.2) is 60.8 Å². The van der Waals surface area contributed by atoms with Crippen molar-refractivity contribution in [3.8, 4) is 0 Å². The van der Waals surface area contributed by atoms with E-state index < -0.39 is 6.10 Å². The van der Waals surface area contributed by atoms with Crippen molar-refractivity contribution in [2.75, 3.05) is 13.2 Å². The molecule has 412 valence electrons. The SMILES string of the molecule is CC/C=C\C/C=C\C/C=C\CCCCCCCCCC(=O)OC(COC(=O)CCCCCCCCCCC)COC(=O)CCCCCCCCCCCCCCCCC/C=C\C/C=C\CCCCCCC. The quantitative estimate of drug-likeness (QED) is 0.0261. The number of hydrogen-bond donors (Lipinski definition) is 0. The average molecular weight is 994 g/mol. The van der Waals surface area contributed by atoms with Crippen molar-refractivity contribution in [3.05, 3.63) is 60.8 Å². The van der Waals surface area contributed by atoms with Crippen LogP contribution in [0.5, 0.6) is 0 Å². The Kier molecular flexibility index (Phi) is 57.2. The van der Waals surface area contributed by atoms with Crippen LogP contribution in [0.2, 0.25) is 0 Å². The number of allylic oxidation sites excluding steroid dienone is 10. The fourth-order valence-electron chi connectivity index (χ4n) is 8.90. The van der Waals surface area contributed by atoms with Crippen molar-refractivity contribution in [2.24, 2.45) is 0 Å². The summed E-state index contributed by atoms with van der Waals surface area (Å²) in [5, 5.41) is 0. The minimum Gasteiger partial charge on any atom is -0.462 e. The standard InChI is InChI=1S/C65H116O6/c1-4-7-10-13-16-19-21-23-25-27-28-29-30-31-32-33-34-35-36-38-39-41-43-46-49-52-55-58-64(67)70-61-62(60-69-63(66)57-54-51-48-45-18-15-12-9-6-3)71-65(68)59-56-53-50-47-44-42-40-37-26-24-22-20-17-14-11-8-5-2/h8,11,17,20-21,23-24,26-28,62H,4-7,9-10,12-16,18-19,22,25,29-61H2,1-3H3/b11-8-,20-17-,23-21-,26-24-,28-27-. The van der Waals surface area contributed by atoms with Gasteiger partial charge >= 0.3 is 17.9 Å². The van der Waals surface area contributed by atoms with E-state index in [9.17, 15) is 14.4 Å². The molecule has 6 nitrogen and oxygen atoms in total. The molecule has 0 N–H and O–H groups in total. The van der Waals surface area contributed by atoms with Gasteiger partial charge in [-0.05, 0) is 83.5 Å². The normalized spacial score (nSPS) is 12.4. The van der Waals surface area contributed by atoms with Crippen molar-refractivity contribution in [1.29, 1.82) is 0 Å². The first-order valence-electron chi connectivity index (χ1n) is 30.8. The predicted molar refractivity (Wildman–Crippen MR) is 307 cm³/mol. The van der Waals surface area contributed by atoms with Crippen LogP contribution in [-0.2, 0) is 28.6 Å². The fraction of sp³-hybridized carbons (Fsp3) is 0.800. The minimum absolute atomic E-state index is 0.0753. The summed E-state index contributed by atoms with van der Waals surface area (Å²) in [4.78, 5) is 38.1. The highest BCUT2D eigenvalue weighted by atomic mass is 16.6. The third-order valence-corrected chi connectivity index (χ3v) is 13.5. The predicted octanol–water partition coefficient (Wildman–Crippen LogP) is 20.8. The zero-order chi connectivity index (χ0) is 51.4. The first-order valence-corrected chi connectivity index (χ1v) is 30.8. The van der Waals surface area contributed by atoms with E-state index in [1.807, 2.05) is 0 Å². The van der Waals surface area contributed by atoms with E-state index in [1.165, 1.54) is 186 Å². The molecular weight excluding hydrogens is 877 g/mol. The first-order chi connectivity index (χ1) is 35.0. The lowest BCUT2D eigenvalue weighted by Crippen LogP contribution is -2.30. The summed E-state index contributed by atoms with van der Waals surface area (Å²) in [7, 11) is 0. The number of carbonyl (C=O) groups excluding carboxylic acids is 3. The summed E-state index contributed by atoms with van der Waals surface area (Å²) >= 11 is 0. The van der Waals surface area contributed by atoms with Gasteiger partial charge < -0.3 is 14.2 Å². The monoisotopic (exact) mass is 993 g/mol. The number of rotatable bonds is 56. The molecule has 0 aromatic carbocycles. The third-order valence-electron chi connectivity index (χ3n) is 13.5. The maximum Gasteiger partial charge on any atom is 0.306 e. The molecule has 0 aromatic heterocycles. The zero-order valence-corrected chi connectivity index (χ0v) is 47.2. The Hall–Kier alpha value is -2.89. The van der Waals surface area contributed by atoms with Gasteiger partial charge in [0.15, 0.2) is 6.10 Å². The van der Waals surface area contributed by atoms with E-state index in [1.54, 1.807) is 0 Å². The molecule has 0 heterocycles. The van der Waals surface area contributed by atoms with Crippen LogP contribution >= 0.6 is 0 Å². The van der Waals surface area contributed by atoms with Gasteiger partial charge in [-0.25, -0.2) is 0 Å². The molecule has 0 saturated heterocycles. The van der Waals surface area contributed by atoms with Crippen molar-refractivity contribution >= 4 is 17.9 Å². The first kappa shape index (κ1) is 68.1. The van der Waals surface area contributed by atoms with Gasteiger partial charge in [0.25, 0.3) is 0 Å². The third kappa shape index (κ3) is 57.9. The molecule has 0 aliphatic heterocycles. The lowest BCUT2D eigenvalue weighted by molar-refractivity contribution is -0.167. The van der Waals surface area contributed by atoms with E-state index in [4.69, 9.17) is 14.2 Å². The molecule has 0 bridgehead atoms. The molecule has 71 heavy (non-hydrogen) atoms. The second-order valence-electron chi connectivity index (χ2n) is 20.6. The molecule has 0 spiro atoms. The van der Waals surface area contributed by atoms with Crippen LogP contribution < -0.4 is 0 Å². The molecular formula is C65H116O6. The number of carbonyl (C=O) groups is 3. The maximum atomic E-state index is 12.8. The van der Waals surface area contributed by atoms with Crippen LogP contribution in [0.1, 0.15) is 316 Å². The van der Waals surface area contributed by atoms with E-state index in [-0.39, 0.29) is 31.1 Å². The van der Waals surface area contributed by atoms with Gasteiger partial charge in [-0.1, -0.05) is 274 Å². The summed E-state index contributed by atoms with van der Waals surface area (Å²) in [6.45, 7) is 6.52. The van der Waals surface area contributed by atoms with Crippen LogP contribution in [0.3, 0.4) is 0 Å². The van der Waals surface area contributed by atoms with Gasteiger partial charge in [-0.3, -0.25) is 14.4 Å². The summed E-state index contributed by atoms with van der Waals surface area (Å²) in [6, 6.07) is 0. The summed E-state index contributed by atoms with van der Waals surface area (Å²) in [6.07, 6.45) is 75.2. The Balaban J connectivity index is 4.16. The molecule has 6 heteroatoms. The van der Waals surface area contributed by atoms with Crippen molar-refractivity contribution in [2.45, 2.75) is 322 Å². The Bertz CT molecular complexity index is 1280. The highest BCUT2D eigenvalue weighted by molar-refractivity contribution is 5.71. The molecule has 0 rings (SSSR count). The molecule has 0 aromatic rings. The second-order valence-corrected chi connectivity index (χ2v) is 20.6. The molecule has 1 atom stereocenters. The second kappa shape index (κ2) is 59.7. The molecule has 0 saturated carbocycles. The number of esters is 3. The lowest BCUT2D eigenvalue weighted by atomic mass is 10.0. The largest absolute Gasteiger partial charge is 0.462 e. The highest BCUT2D eigenvalue weighted by Gasteiger charge is 2.19. The van der Waals surface area contributed by atoms with Gasteiger partial charge in [0, 0.05) is 19.3 Å². The Morgan fingerprint density at radius 1 is 0.296 bits per heavy atom. The Morgan fingerprint density at radius 3 is 0.859 bits per heavy atom. The van der Waals surface area contributed by atoms with Gasteiger partial charge in [0.05, 0.1) is 0 Å². The van der Waals surface area contributed by atoms with E-state index in [0.29, 0.717) is 19.3 Å². The average Bonchev–Trinajstić information content (AvgIpc) is 3.37. The van der Waals surface area contributed by atoms with Crippen molar-refractivity contribution in [1.82, 2.24) is 0 Å². The Morgan fingerprint density at radius 2 is 0.549 bits per heavy atom. The summed E-state index contributed by atoms with van der Waals surface area (Å²) < 4.78 is 16.9. The zero-order valence-electron chi connectivity index (χ0n) is 47.2. The summed E-state index contributed by atoms with van der Waals surface area (Å²) in [5.74, 6) is -0.874. The van der Waals surface area contributed by atoms with Gasteiger partial charge in [-0.2, -0.15) is 0 Å². The minimum atomic E-state index is -0.776. The molecule has 1 unspecified atom stereocenters. The van der Waals surface area contributed by atoms with Crippen LogP contribution in [0, 0.1) is 0 Å². The van der Waals surface area contributed by atoms with Crippen LogP contribution in [-0.4, -0.2) is 37.2 Å². The number of hydrogen-bond acceptors (Lipinski definition) is 6. The van der Waals surface area contributed by atoms with Crippen LogP contribution in [0.25, 0.3) is 0 Å². The smallest absolute Gasteiger partial charge is 0.306 e. The Labute approximate surface area is 440 Å². The molecule has 0 amide bonds. The van der Waals surface area contributed by atoms with Crippen molar-refractivity contribution in [3.63, 3.8) is 0 Å². The van der Waals surface area contributed by atoms with E-state index >= 15 is 0 Å². The molecule has 0 aliphatic carbocycles. The molecule has 0 radical (unpaired) electrons. The van der Waals surface area contributed by atoms with E-state index in [2.05, 4.69) is 81.5 Å². The lowest BCUT2D eigenvalue weighted by Gasteiger charge is -2.18. The molecule has 0 aliphatic rings. The number of ether oxygens (including phenoxy) is 3. The fourth-order valence-corrected chi connectivity index (χ4v) is 8.90. The van der Waals surface area contributed by atoms with Gasteiger partial charge in [-0.15, -0.1) is 0 Å². The summed E-state index contributed by atoms with van der Waals surface area (Å²) in [5.41, 5.74) is 0. The van der Waals surface area contributed by atoms with Gasteiger partial charge in [0.1, 0.15) is 13.2 Å². The van der Waals surface area contributed by atoms with Gasteiger partial charge in [0.2, 0.25) is 0 Å². The van der Waals surface area contributed by atoms with Crippen LogP contribution in [0.4, 0.5) is 0 Å². The molecule has 0 fully saturated rings. The number of unbranched alkanes of at least 4 members (excludes halogenated alkanes) is 35. The van der Waals surface area contributed by atoms with Crippen molar-refractivity contribution < 1.29 is 28.6 Å².